The molecule has 0 spiro atoms. The molecular weight excluding hydrogens is 200 g/mol. The van der Waals surface area contributed by atoms with E-state index < -0.39 is 29.4 Å². The first-order chi connectivity index (χ1) is 7.06. The number of ketones is 2. The van der Waals surface area contributed by atoms with Crippen molar-refractivity contribution >= 4 is 23.8 Å². The van der Waals surface area contributed by atoms with Crippen LogP contribution in [0.4, 0.5) is 0 Å². The Morgan fingerprint density at radius 3 is 1.87 bits per heavy atom. The first kappa shape index (κ1) is 11.6. The molecular formula is C10H12O5. The third-order valence-corrected chi connectivity index (χ3v) is 2.80. The lowest BCUT2D eigenvalue weighted by Gasteiger charge is -2.23. The van der Waals surface area contributed by atoms with E-state index in [0.29, 0.717) is 25.7 Å². The fourth-order valence-corrected chi connectivity index (χ4v) is 1.86. The monoisotopic (exact) mass is 212 g/mol. The van der Waals surface area contributed by atoms with E-state index in [9.17, 15) is 19.2 Å². The molecule has 1 aliphatic carbocycles. The van der Waals surface area contributed by atoms with E-state index in [1.54, 1.807) is 0 Å². The molecule has 1 rings (SSSR count). The fourth-order valence-electron chi connectivity index (χ4n) is 1.86. The molecule has 15 heavy (non-hydrogen) atoms. The van der Waals surface area contributed by atoms with Crippen molar-refractivity contribution in [3.63, 3.8) is 0 Å². The summed E-state index contributed by atoms with van der Waals surface area (Å²) >= 11 is 0. The van der Waals surface area contributed by atoms with E-state index >= 15 is 0 Å². The maximum atomic E-state index is 11.3. The largest absolute Gasteiger partial charge is 0.481 e. The van der Waals surface area contributed by atoms with E-state index in [0.717, 1.165) is 0 Å². The fraction of sp³-hybridized carbons (Fsp3) is 0.600. The van der Waals surface area contributed by atoms with Crippen LogP contribution in [0.5, 0.6) is 0 Å². The van der Waals surface area contributed by atoms with Gasteiger partial charge in [-0.25, -0.2) is 0 Å². The van der Waals surface area contributed by atoms with Crippen molar-refractivity contribution in [3.8, 4) is 0 Å². The third kappa shape index (κ3) is 2.71. The van der Waals surface area contributed by atoms with Gasteiger partial charge < -0.3 is 5.11 Å². The Morgan fingerprint density at radius 2 is 1.47 bits per heavy atom. The van der Waals surface area contributed by atoms with Crippen LogP contribution in [0.2, 0.25) is 0 Å². The highest BCUT2D eigenvalue weighted by Gasteiger charge is 2.32. The molecule has 0 radical (unpaired) electrons. The van der Waals surface area contributed by atoms with Gasteiger partial charge in [-0.05, 0) is 25.7 Å². The number of hydrogen-bond donors (Lipinski definition) is 1. The second-order valence-corrected chi connectivity index (χ2v) is 3.73. The maximum absolute atomic E-state index is 11.3. The molecule has 0 atom stereocenters. The van der Waals surface area contributed by atoms with Gasteiger partial charge in [0.1, 0.15) is 0 Å². The van der Waals surface area contributed by atoms with Gasteiger partial charge in [0.25, 0.3) is 5.78 Å². The van der Waals surface area contributed by atoms with Crippen molar-refractivity contribution in [1.82, 2.24) is 0 Å². The van der Waals surface area contributed by atoms with Gasteiger partial charge in [-0.1, -0.05) is 0 Å². The van der Waals surface area contributed by atoms with Gasteiger partial charge in [-0.2, -0.15) is 0 Å². The van der Waals surface area contributed by atoms with Crippen LogP contribution in [0.1, 0.15) is 25.7 Å². The van der Waals surface area contributed by atoms with Crippen LogP contribution in [-0.4, -0.2) is 28.9 Å². The minimum Gasteiger partial charge on any atom is -0.481 e. The highest BCUT2D eigenvalue weighted by molar-refractivity contribution is 6.58. The Labute approximate surface area is 86.5 Å². The number of carboxylic acids is 1. The molecule has 0 aliphatic heterocycles. The summed E-state index contributed by atoms with van der Waals surface area (Å²) in [6.07, 6.45) is 1.59. The lowest BCUT2D eigenvalue weighted by molar-refractivity contribution is -0.146. The third-order valence-electron chi connectivity index (χ3n) is 2.80. The van der Waals surface area contributed by atoms with Crippen molar-refractivity contribution in [1.29, 1.82) is 0 Å². The van der Waals surface area contributed by atoms with Crippen molar-refractivity contribution in [3.05, 3.63) is 0 Å². The van der Waals surface area contributed by atoms with Gasteiger partial charge in [0.15, 0.2) is 6.29 Å². The molecule has 0 unspecified atom stereocenters. The zero-order valence-corrected chi connectivity index (χ0v) is 8.14. The molecule has 1 saturated carbocycles. The SMILES string of the molecule is O=CC(=O)C(=O)C1CCC(C(=O)O)CC1. The number of rotatable bonds is 4. The smallest absolute Gasteiger partial charge is 0.306 e. The van der Waals surface area contributed by atoms with E-state index in [4.69, 9.17) is 5.11 Å². The molecule has 0 aromatic heterocycles. The van der Waals surface area contributed by atoms with Crippen LogP contribution in [-0.2, 0) is 19.2 Å². The summed E-state index contributed by atoms with van der Waals surface area (Å²) < 4.78 is 0. The van der Waals surface area contributed by atoms with Crippen LogP contribution in [0.3, 0.4) is 0 Å². The summed E-state index contributed by atoms with van der Waals surface area (Å²) in [6.45, 7) is 0. The molecule has 1 fully saturated rings. The van der Waals surface area contributed by atoms with Gasteiger partial charge in [-0.3, -0.25) is 19.2 Å². The summed E-state index contributed by atoms with van der Waals surface area (Å²) in [6, 6.07) is 0. The Hall–Kier alpha value is -1.52. The highest BCUT2D eigenvalue weighted by Crippen LogP contribution is 2.29. The Bertz CT molecular complexity index is 299. The number of carboxylic acid groups (broad SMARTS) is 1. The first-order valence-corrected chi connectivity index (χ1v) is 4.82. The van der Waals surface area contributed by atoms with Gasteiger partial charge in [0.2, 0.25) is 5.78 Å². The molecule has 1 aliphatic rings. The summed E-state index contributed by atoms with van der Waals surface area (Å²) in [5.74, 6) is -3.41. The molecule has 5 nitrogen and oxygen atoms in total. The van der Waals surface area contributed by atoms with Gasteiger partial charge in [-0.15, -0.1) is 0 Å². The molecule has 0 amide bonds. The highest BCUT2D eigenvalue weighted by atomic mass is 16.4. The predicted molar refractivity (Wildman–Crippen MR) is 49.2 cm³/mol. The Kier molecular flexibility index (Phi) is 3.71. The van der Waals surface area contributed by atoms with E-state index in [1.807, 2.05) is 0 Å². The Balaban J connectivity index is 2.50. The van der Waals surface area contributed by atoms with Crippen molar-refractivity contribution in [2.24, 2.45) is 11.8 Å². The van der Waals surface area contributed by atoms with Gasteiger partial charge in [0.05, 0.1) is 5.92 Å². The molecule has 0 heterocycles. The number of aldehydes is 1. The molecule has 0 bridgehead atoms. The summed E-state index contributed by atoms with van der Waals surface area (Å²) in [5, 5.41) is 8.71. The van der Waals surface area contributed by atoms with E-state index in [2.05, 4.69) is 0 Å². The zero-order chi connectivity index (χ0) is 11.4. The van der Waals surface area contributed by atoms with E-state index in [-0.39, 0.29) is 6.29 Å². The minimum atomic E-state index is -1.01. The number of aliphatic carboxylic acids is 1. The normalized spacial score (nSPS) is 25.6. The van der Waals surface area contributed by atoms with Crippen LogP contribution in [0.25, 0.3) is 0 Å². The first-order valence-electron chi connectivity index (χ1n) is 4.82. The van der Waals surface area contributed by atoms with Crippen molar-refractivity contribution in [2.45, 2.75) is 25.7 Å². The average Bonchev–Trinajstić information content (AvgIpc) is 2.27. The molecule has 5 heteroatoms. The Morgan fingerprint density at radius 1 is 1.00 bits per heavy atom. The topological polar surface area (TPSA) is 88.5 Å². The lowest BCUT2D eigenvalue weighted by atomic mass is 9.79. The number of Topliss-reactive ketones (excluding diaryl/α,β-unsaturated/α-hetero) is 2. The number of hydrogen-bond acceptors (Lipinski definition) is 4. The van der Waals surface area contributed by atoms with Crippen LogP contribution < -0.4 is 0 Å². The lowest BCUT2D eigenvalue weighted by Crippen LogP contribution is -2.30. The van der Waals surface area contributed by atoms with Crippen molar-refractivity contribution < 1.29 is 24.3 Å². The van der Waals surface area contributed by atoms with Crippen LogP contribution in [0.15, 0.2) is 0 Å². The minimum absolute atomic E-state index is 0.0195. The zero-order valence-electron chi connectivity index (χ0n) is 8.14. The maximum Gasteiger partial charge on any atom is 0.306 e. The quantitative estimate of drug-likeness (QED) is 0.409. The predicted octanol–water partition coefficient (Wildman–Crippen LogP) is 0.214. The number of carbonyl (C=O) groups excluding carboxylic acids is 3. The summed E-state index contributed by atoms with van der Waals surface area (Å²) in [7, 11) is 0. The number of carbonyl (C=O) groups is 4. The summed E-state index contributed by atoms with van der Waals surface area (Å²) in [4.78, 5) is 42.8. The van der Waals surface area contributed by atoms with Crippen LogP contribution >= 0.6 is 0 Å². The van der Waals surface area contributed by atoms with E-state index in [1.165, 1.54) is 0 Å². The molecule has 0 aromatic carbocycles. The van der Waals surface area contributed by atoms with Gasteiger partial charge in [0, 0.05) is 5.92 Å². The molecule has 82 valence electrons. The molecule has 1 N–H and O–H groups in total. The van der Waals surface area contributed by atoms with Crippen LogP contribution in [0, 0.1) is 11.8 Å². The second-order valence-electron chi connectivity index (χ2n) is 3.73. The second kappa shape index (κ2) is 4.82. The molecule has 0 aromatic rings. The van der Waals surface area contributed by atoms with Crippen molar-refractivity contribution in [2.75, 3.05) is 0 Å². The van der Waals surface area contributed by atoms with Gasteiger partial charge >= 0.3 is 5.97 Å². The molecule has 0 saturated heterocycles. The standard InChI is InChI=1S/C10H12O5/c11-5-8(12)9(13)6-1-3-7(4-2-6)10(14)15/h5-7H,1-4H2,(H,14,15). The average molecular weight is 212 g/mol. The summed E-state index contributed by atoms with van der Waals surface area (Å²) in [5.41, 5.74) is 0.